The maximum absolute atomic E-state index is 11.9. The standard InChI is InChI=1S/C14H21NO4/c1-9-5-13(10(2)19-9)14(17)15-6-12(16)8-18-7-11-3-4-11/h5,11-12,16H,3-4,6-8H2,1-2H3,(H,15,17). The van der Waals surface area contributed by atoms with Gasteiger partial charge in [-0.1, -0.05) is 0 Å². The number of nitrogens with one attached hydrogen (secondary N) is 1. The molecule has 1 unspecified atom stereocenters. The summed E-state index contributed by atoms with van der Waals surface area (Å²) in [6.07, 6.45) is 1.79. The molecule has 1 aromatic rings. The third kappa shape index (κ3) is 4.36. The number of aliphatic hydroxyl groups excluding tert-OH is 1. The number of rotatable bonds is 7. The Labute approximate surface area is 112 Å². The zero-order valence-electron chi connectivity index (χ0n) is 11.4. The van der Waals surface area contributed by atoms with Gasteiger partial charge in [0.05, 0.1) is 18.3 Å². The number of ether oxygens (including phenoxy) is 1. The van der Waals surface area contributed by atoms with Crippen molar-refractivity contribution in [3.63, 3.8) is 0 Å². The fourth-order valence-electron chi connectivity index (χ4n) is 1.88. The van der Waals surface area contributed by atoms with E-state index in [4.69, 9.17) is 9.15 Å². The number of hydrogen-bond acceptors (Lipinski definition) is 4. The van der Waals surface area contributed by atoms with Crippen LogP contribution in [0.3, 0.4) is 0 Å². The average molecular weight is 267 g/mol. The molecule has 106 valence electrons. The third-order valence-corrected chi connectivity index (χ3v) is 3.14. The quantitative estimate of drug-likeness (QED) is 0.783. The monoisotopic (exact) mass is 267 g/mol. The maximum Gasteiger partial charge on any atom is 0.254 e. The molecule has 1 fully saturated rings. The molecule has 0 aromatic carbocycles. The van der Waals surface area contributed by atoms with E-state index in [0.717, 1.165) is 0 Å². The highest BCUT2D eigenvalue weighted by molar-refractivity contribution is 5.95. The zero-order chi connectivity index (χ0) is 13.8. The Balaban J connectivity index is 1.68. The van der Waals surface area contributed by atoms with Gasteiger partial charge in [0.25, 0.3) is 5.91 Å². The summed E-state index contributed by atoms with van der Waals surface area (Å²) in [6.45, 7) is 4.71. The highest BCUT2D eigenvalue weighted by atomic mass is 16.5. The number of amides is 1. The summed E-state index contributed by atoms with van der Waals surface area (Å²) in [4.78, 5) is 11.9. The van der Waals surface area contributed by atoms with E-state index < -0.39 is 6.10 Å². The molecule has 0 aliphatic heterocycles. The number of carbonyl (C=O) groups excluding carboxylic acids is 1. The molecule has 1 atom stereocenters. The van der Waals surface area contributed by atoms with Gasteiger partial charge < -0.3 is 19.6 Å². The van der Waals surface area contributed by atoms with E-state index in [1.807, 2.05) is 0 Å². The van der Waals surface area contributed by atoms with Gasteiger partial charge in [0.2, 0.25) is 0 Å². The van der Waals surface area contributed by atoms with Gasteiger partial charge in [0, 0.05) is 13.2 Å². The summed E-state index contributed by atoms with van der Waals surface area (Å²) in [6, 6.07) is 1.70. The summed E-state index contributed by atoms with van der Waals surface area (Å²) in [7, 11) is 0. The first-order valence-corrected chi connectivity index (χ1v) is 6.67. The first-order chi connectivity index (χ1) is 9.06. The van der Waals surface area contributed by atoms with Crippen LogP contribution < -0.4 is 5.32 Å². The molecule has 5 nitrogen and oxygen atoms in total. The molecular formula is C14H21NO4. The van der Waals surface area contributed by atoms with Crippen LogP contribution >= 0.6 is 0 Å². The van der Waals surface area contributed by atoms with Crippen LogP contribution in [0.2, 0.25) is 0 Å². The van der Waals surface area contributed by atoms with Gasteiger partial charge in [0.1, 0.15) is 11.5 Å². The summed E-state index contributed by atoms with van der Waals surface area (Å²) < 4.78 is 10.7. The van der Waals surface area contributed by atoms with Crippen LogP contribution in [-0.2, 0) is 4.74 Å². The molecule has 1 amide bonds. The van der Waals surface area contributed by atoms with Crippen LogP contribution in [0.15, 0.2) is 10.5 Å². The molecule has 1 saturated carbocycles. The maximum atomic E-state index is 11.9. The number of furan rings is 1. The second-order valence-corrected chi connectivity index (χ2v) is 5.17. The van der Waals surface area contributed by atoms with E-state index in [0.29, 0.717) is 29.6 Å². The molecule has 0 saturated heterocycles. The first-order valence-electron chi connectivity index (χ1n) is 6.67. The summed E-state index contributed by atoms with van der Waals surface area (Å²) in [5.41, 5.74) is 0.517. The van der Waals surface area contributed by atoms with Crippen molar-refractivity contribution < 1.29 is 19.1 Å². The number of carbonyl (C=O) groups is 1. The Morgan fingerprint density at radius 1 is 1.58 bits per heavy atom. The van der Waals surface area contributed by atoms with E-state index >= 15 is 0 Å². The number of aliphatic hydroxyl groups is 1. The minimum atomic E-state index is -0.670. The Morgan fingerprint density at radius 2 is 2.32 bits per heavy atom. The smallest absolute Gasteiger partial charge is 0.254 e. The second kappa shape index (κ2) is 6.21. The Bertz CT molecular complexity index is 437. The average Bonchev–Trinajstić information content (AvgIpc) is 3.11. The first kappa shape index (κ1) is 14.1. The Morgan fingerprint density at radius 3 is 2.89 bits per heavy atom. The SMILES string of the molecule is Cc1cc(C(=O)NCC(O)COCC2CC2)c(C)o1. The summed E-state index contributed by atoms with van der Waals surface area (Å²) in [5.74, 6) is 1.75. The number of hydrogen-bond donors (Lipinski definition) is 2. The van der Waals surface area contributed by atoms with Gasteiger partial charge in [-0.05, 0) is 38.7 Å². The van der Waals surface area contributed by atoms with Gasteiger partial charge in [-0.2, -0.15) is 0 Å². The lowest BCUT2D eigenvalue weighted by Gasteiger charge is -2.12. The molecule has 1 aromatic heterocycles. The van der Waals surface area contributed by atoms with Gasteiger partial charge >= 0.3 is 0 Å². The molecule has 0 bridgehead atoms. The summed E-state index contributed by atoms with van der Waals surface area (Å²) >= 11 is 0. The van der Waals surface area contributed by atoms with Crippen molar-refractivity contribution in [3.8, 4) is 0 Å². The van der Waals surface area contributed by atoms with Crippen molar-refractivity contribution in [1.82, 2.24) is 5.32 Å². The second-order valence-electron chi connectivity index (χ2n) is 5.17. The third-order valence-electron chi connectivity index (χ3n) is 3.14. The lowest BCUT2D eigenvalue weighted by atomic mass is 10.2. The molecule has 5 heteroatoms. The molecule has 19 heavy (non-hydrogen) atoms. The van der Waals surface area contributed by atoms with E-state index in [1.165, 1.54) is 12.8 Å². The Kier molecular flexibility index (Phi) is 4.61. The topological polar surface area (TPSA) is 71.7 Å². The molecule has 0 radical (unpaired) electrons. The molecule has 0 spiro atoms. The van der Waals surface area contributed by atoms with E-state index in [2.05, 4.69) is 5.32 Å². The molecule has 1 aliphatic rings. The van der Waals surface area contributed by atoms with Crippen LogP contribution in [0, 0.1) is 19.8 Å². The molecule has 2 rings (SSSR count). The lowest BCUT2D eigenvalue weighted by molar-refractivity contribution is 0.0320. The fraction of sp³-hybridized carbons (Fsp3) is 0.643. The van der Waals surface area contributed by atoms with Crippen molar-refractivity contribution >= 4 is 5.91 Å². The largest absolute Gasteiger partial charge is 0.466 e. The highest BCUT2D eigenvalue weighted by Gasteiger charge is 2.21. The van der Waals surface area contributed by atoms with Gasteiger partial charge in [0.15, 0.2) is 0 Å². The van der Waals surface area contributed by atoms with E-state index in [9.17, 15) is 9.90 Å². The van der Waals surface area contributed by atoms with Crippen molar-refractivity contribution in [1.29, 1.82) is 0 Å². The highest BCUT2D eigenvalue weighted by Crippen LogP contribution is 2.28. The minimum absolute atomic E-state index is 0.188. The molecule has 1 heterocycles. The summed E-state index contributed by atoms with van der Waals surface area (Å²) in [5, 5.41) is 12.4. The predicted octanol–water partition coefficient (Wildman–Crippen LogP) is 1.41. The van der Waals surface area contributed by atoms with Crippen LogP contribution in [0.5, 0.6) is 0 Å². The van der Waals surface area contributed by atoms with Gasteiger partial charge in [-0.15, -0.1) is 0 Å². The van der Waals surface area contributed by atoms with Gasteiger partial charge in [-0.25, -0.2) is 0 Å². The minimum Gasteiger partial charge on any atom is -0.466 e. The number of aryl methyl sites for hydroxylation is 2. The zero-order valence-corrected chi connectivity index (χ0v) is 11.4. The van der Waals surface area contributed by atoms with Crippen molar-refractivity contribution in [2.24, 2.45) is 5.92 Å². The van der Waals surface area contributed by atoms with Gasteiger partial charge in [-0.3, -0.25) is 4.79 Å². The van der Waals surface area contributed by atoms with Crippen molar-refractivity contribution in [2.75, 3.05) is 19.8 Å². The fourth-order valence-corrected chi connectivity index (χ4v) is 1.88. The van der Waals surface area contributed by atoms with Crippen LogP contribution in [0.25, 0.3) is 0 Å². The Hall–Kier alpha value is -1.33. The van der Waals surface area contributed by atoms with E-state index in [-0.39, 0.29) is 19.1 Å². The van der Waals surface area contributed by atoms with Crippen LogP contribution in [0.1, 0.15) is 34.7 Å². The van der Waals surface area contributed by atoms with E-state index in [1.54, 1.807) is 19.9 Å². The van der Waals surface area contributed by atoms with Crippen molar-refractivity contribution in [2.45, 2.75) is 32.8 Å². The molecule has 1 aliphatic carbocycles. The lowest BCUT2D eigenvalue weighted by Crippen LogP contribution is -2.34. The molecule has 2 N–H and O–H groups in total. The molecular weight excluding hydrogens is 246 g/mol. The van der Waals surface area contributed by atoms with Crippen LogP contribution in [-0.4, -0.2) is 36.9 Å². The van der Waals surface area contributed by atoms with Crippen LogP contribution in [0.4, 0.5) is 0 Å². The normalized spacial score (nSPS) is 16.4. The van der Waals surface area contributed by atoms with Crippen molar-refractivity contribution in [3.05, 3.63) is 23.2 Å². The predicted molar refractivity (Wildman–Crippen MR) is 70.1 cm³/mol.